The molecule has 0 radical (unpaired) electrons. The maximum atomic E-state index is 12.2. The van der Waals surface area contributed by atoms with Gasteiger partial charge in [-0.25, -0.2) is 0 Å². The van der Waals surface area contributed by atoms with Crippen LogP contribution in [0.5, 0.6) is 11.5 Å². The Morgan fingerprint density at radius 3 is 2.54 bits per heavy atom. The van der Waals surface area contributed by atoms with Gasteiger partial charge < -0.3 is 14.8 Å². The minimum Gasteiger partial charge on any atom is -0.493 e. The second kappa shape index (κ2) is 7.77. The van der Waals surface area contributed by atoms with Crippen molar-refractivity contribution >= 4 is 34.6 Å². The highest BCUT2D eigenvalue weighted by Crippen LogP contribution is 2.37. The molecule has 0 spiro atoms. The Bertz CT molecular complexity index is 800. The number of ether oxygens (including phenoxy) is 2. The predicted octanol–water partition coefficient (Wildman–Crippen LogP) is 3.11. The molecule has 26 heavy (non-hydrogen) atoms. The third kappa shape index (κ3) is 3.82. The van der Waals surface area contributed by atoms with Crippen LogP contribution >= 0.6 is 11.8 Å². The summed E-state index contributed by atoms with van der Waals surface area (Å²) in [6.45, 7) is 0. The molecular weight excluding hydrogens is 358 g/mol. The number of nitrogens with zero attached hydrogens (tertiary/aromatic N) is 2. The lowest BCUT2D eigenvalue weighted by molar-refractivity contribution is -0.385. The van der Waals surface area contributed by atoms with Crippen molar-refractivity contribution < 1.29 is 19.2 Å². The van der Waals surface area contributed by atoms with Crippen LogP contribution in [0.4, 0.5) is 5.69 Å². The predicted molar refractivity (Wildman–Crippen MR) is 99.6 cm³/mol. The zero-order chi connectivity index (χ0) is 18.7. The van der Waals surface area contributed by atoms with Gasteiger partial charge in [0.25, 0.3) is 11.6 Å². The van der Waals surface area contributed by atoms with E-state index in [4.69, 9.17) is 9.47 Å². The molecule has 2 fully saturated rings. The van der Waals surface area contributed by atoms with Crippen molar-refractivity contribution in [2.75, 3.05) is 14.2 Å². The zero-order valence-electron chi connectivity index (χ0n) is 14.5. The molecule has 1 aromatic rings. The first-order valence-corrected chi connectivity index (χ1v) is 9.02. The first kappa shape index (κ1) is 18.2. The second-order valence-corrected chi connectivity index (χ2v) is 6.99. The van der Waals surface area contributed by atoms with E-state index in [1.54, 1.807) is 0 Å². The maximum absolute atomic E-state index is 12.2. The van der Waals surface area contributed by atoms with Gasteiger partial charge in [-0.05, 0) is 36.7 Å². The van der Waals surface area contributed by atoms with Gasteiger partial charge in [0.2, 0.25) is 0 Å². The topological polar surface area (TPSA) is 103 Å². The van der Waals surface area contributed by atoms with Crippen molar-refractivity contribution in [1.82, 2.24) is 5.32 Å². The molecule has 1 aliphatic heterocycles. The minimum absolute atomic E-state index is 0.162. The lowest BCUT2D eigenvalue weighted by Gasteiger charge is -2.09. The Kier molecular flexibility index (Phi) is 5.46. The van der Waals surface area contributed by atoms with Gasteiger partial charge in [0, 0.05) is 0 Å². The normalized spacial score (nSPS) is 20.6. The van der Waals surface area contributed by atoms with E-state index in [0.717, 1.165) is 25.7 Å². The van der Waals surface area contributed by atoms with Crippen molar-refractivity contribution in [3.8, 4) is 11.5 Å². The molecule has 0 bridgehead atoms. The molecule has 8 nitrogen and oxygen atoms in total. The number of rotatable bonds is 5. The molecule has 2 aliphatic rings. The van der Waals surface area contributed by atoms with Crippen LogP contribution in [0.3, 0.4) is 0 Å². The first-order valence-electron chi connectivity index (χ1n) is 8.21. The first-order chi connectivity index (χ1) is 12.5. The number of nitrogens with one attached hydrogen (secondary N) is 1. The maximum Gasteiger partial charge on any atom is 0.280 e. The number of amidine groups is 1. The number of hydrogen-bond acceptors (Lipinski definition) is 7. The van der Waals surface area contributed by atoms with E-state index in [0.29, 0.717) is 15.8 Å². The minimum atomic E-state index is -0.514. The van der Waals surface area contributed by atoms with Crippen LogP contribution < -0.4 is 14.8 Å². The molecule has 1 N–H and O–H groups in total. The van der Waals surface area contributed by atoms with Gasteiger partial charge in [0.15, 0.2) is 16.7 Å². The fourth-order valence-electron chi connectivity index (χ4n) is 2.99. The smallest absolute Gasteiger partial charge is 0.280 e. The molecule has 0 aromatic heterocycles. The van der Waals surface area contributed by atoms with E-state index >= 15 is 0 Å². The Hall–Kier alpha value is -2.55. The van der Waals surface area contributed by atoms with Crippen molar-refractivity contribution in [3.63, 3.8) is 0 Å². The van der Waals surface area contributed by atoms with E-state index in [1.807, 2.05) is 0 Å². The number of carbonyl (C=O) groups excluding carboxylic acids is 1. The molecule has 1 aliphatic carbocycles. The molecule has 1 amide bonds. The van der Waals surface area contributed by atoms with E-state index in [1.165, 1.54) is 44.2 Å². The Labute approximate surface area is 154 Å². The summed E-state index contributed by atoms with van der Waals surface area (Å²) < 4.78 is 10.3. The van der Waals surface area contributed by atoms with Gasteiger partial charge in [-0.3, -0.25) is 19.9 Å². The number of nitro groups is 1. The van der Waals surface area contributed by atoms with Crippen LogP contribution in [-0.2, 0) is 4.79 Å². The van der Waals surface area contributed by atoms with Crippen LogP contribution in [0, 0.1) is 10.1 Å². The number of thioether (sulfide) groups is 1. The molecule has 138 valence electrons. The number of hydrogen-bond donors (Lipinski definition) is 1. The Morgan fingerprint density at radius 2 is 1.92 bits per heavy atom. The van der Waals surface area contributed by atoms with E-state index in [9.17, 15) is 14.9 Å². The van der Waals surface area contributed by atoms with Gasteiger partial charge in [-0.1, -0.05) is 12.8 Å². The second-order valence-electron chi connectivity index (χ2n) is 5.96. The van der Waals surface area contributed by atoms with Crippen LogP contribution in [0.25, 0.3) is 6.08 Å². The number of methoxy groups -OCH3 is 2. The van der Waals surface area contributed by atoms with Crippen LogP contribution in [-0.4, -0.2) is 36.3 Å². The summed E-state index contributed by atoms with van der Waals surface area (Å²) in [5.41, 5.74) is 0.108. The number of carbonyl (C=O) groups is 1. The lowest BCUT2D eigenvalue weighted by atomic mass is 10.1. The van der Waals surface area contributed by atoms with Crippen molar-refractivity contribution in [2.24, 2.45) is 4.99 Å². The fraction of sp³-hybridized carbons (Fsp3) is 0.412. The molecular formula is C17H19N3O5S. The van der Waals surface area contributed by atoms with Crippen molar-refractivity contribution in [1.29, 1.82) is 0 Å². The third-order valence-electron chi connectivity index (χ3n) is 4.29. The largest absolute Gasteiger partial charge is 0.493 e. The van der Waals surface area contributed by atoms with Gasteiger partial charge in [0.1, 0.15) is 0 Å². The van der Waals surface area contributed by atoms with E-state index < -0.39 is 4.92 Å². The van der Waals surface area contributed by atoms with Crippen LogP contribution in [0.15, 0.2) is 22.0 Å². The van der Waals surface area contributed by atoms with E-state index in [-0.39, 0.29) is 28.9 Å². The highest BCUT2D eigenvalue weighted by Gasteiger charge is 2.27. The fourth-order valence-corrected chi connectivity index (χ4v) is 3.87. The van der Waals surface area contributed by atoms with Gasteiger partial charge in [0.05, 0.1) is 41.7 Å². The summed E-state index contributed by atoms with van der Waals surface area (Å²) in [5, 5.41) is 14.7. The average molecular weight is 377 g/mol. The molecule has 0 atom stereocenters. The van der Waals surface area contributed by atoms with Crippen LogP contribution in [0.1, 0.15) is 31.2 Å². The number of amides is 1. The quantitative estimate of drug-likeness (QED) is 0.480. The SMILES string of the molecule is COc1cc(/C=C2/SC(=NC3CCCC3)NC2=O)c([N+](=O)[O-])cc1OC. The number of nitro benzene ring substituents is 1. The summed E-state index contributed by atoms with van der Waals surface area (Å²) in [7, 11) is 2.86. The summed E-state index contributed by atoms with van der Waals surface area (Å²) in [4.78, 5) is 28.0. The summed E-state index contributed by atoms with van der Waals surface area (Å²) in [5.74, 6) is 0.303. The molecule has 1 heterocycles. The van der Waals surface area contributed by atoms with Gasteiger partial charge in [-0.15, -0.1) is 0 Å². The van der Waals surface area contributed by atoms with Crippen LogP contribution in [0.2, 0.25) is 0 Å². The molecule has 3 rings (SSSR count). The van der Waals surface area contributed by atoms with Crippen molar-refractivity contribution in [3.05, 3.63) is 32.7 Å². The molecule has 1 saturated heterocycles. The van der Waals surface area contributed by atoms with Gasteiger partial charge in [-0.2, -0.15) is 0 Å². The Balaban J connectivity index is 1.93. The molecule has 1 saturated carbocycles. The molecule has 0 unspecified atom stereocenters. The summed E-state index contributed by atoms with van der Waals surface area (Å²) in [6, 6.07) is 3.02. The van der Waals surface area contributed by atoms with Gasteiger partial charge >= 0.3 is 0 Å². The highest BCUT2D eigenvalue weighted by atomic mass is 32.2. The third-order valence-corrected chi connectivity index (χ3v) is 5.22. The zero-order valence-corrected chi connectivity index (χ0v) is 15.3. The summed E-state index contributed by atoms with van der Waals surface area (Å²) >= 11 is 1.20. The van der Waals surface area contributed by atoms with E-state index in [2.05, 4.69) is 10.3 Å². The average Bonchev–Trinajstić information content (AvgIpc) is 3.24. The summed E-state index contributed by atoms with van der Waals surface area (Å²) in [6.07, 6.45) is 5.85. The molecule has 1 aromatic carbocycles. The number of benzene rings is 1. The molecule has 9 heteroatoms. The standard InChI is InChI=1S/C17H19N3O5S/c1-24-13-7-10(12(20(22)23)9-14(13)25-2)8-15-16(21)19-17(26-15)18-11-5-3-4-6-11/h7-9,11H,3-6H2,1-2H3,(H,18,19,21)/b15-8+. The van der Waals surface area contributed by atoms with Crippen molar-refractivity contribution in [2.45, 2.75) is 31.7 Å². The lowest BCUT2D eigenvalue weighted by Crippen LogP contribution is -2.21. The highest BCUT2D eigenvalue weighted by molar-refractivity contribution is 8.18. The monoisotopic (exact) mass is 377 g/mol. The number of aliphatic imine (C=N–C) groups is 1. The Morgan fingerprint density at radius 1 is 1.27 bits per heavy atom.